The van der Waals surface area contributed by atoms with E-state index < -0.39 is 0 Å². The topological polar surface area (TPSA) is 49.3 Å². The van der Waals surface area contributed by atoms with Crippen molar-refractivity contribution in [3.63, 3.8) is 0 Å². The smallest absolute Gasteiger partial charge is 0.254 e. The molecular weight excluding hydrogens is 335 g/mol. The van der Waals surface area contributed by atoms with Crippen molar-refractivity contribution in [2.45, 2.75) is 6.92 Å². The second-order valence-corrected chi connectivity index (χ2v) is 6.34. The largest absolute Gasteiger partial charge is 0.352 e. The summed E-state index contributed by atoms with van der Waals surface area (Å²) in [5.41, 5.74) is 1.41. The summed E-state index contributed by atoms with van der Waals surface area (Å²) >= 11 is 11.9. The van der Waals surface area contributed by atoms with E-state index in [1.807, 2.05) is 19.1 Å². The lowest BCUT2D eigenvalue weighted by Crippen LogP contribution is -2.49. The standard InChI is InChI=1S/C16H16Cl2N4O/c1-11-2-3-15(20-19-11)21-4-6-22(7-5-21)16(23)12-8-13(17)10-14(18)9-12/h2-3,8-10H,4-7H2,1H3. The predicted octanol–water partition coefficient (Wildman–Crippen LogP) is 3.05. The van der Waals surface area contributed by atoms with Gasteiger partial charge in [-0.05, 0) is 37.3 Å². The lowest BCUT2D eigenvalue weighted by atomic mass is 10.2. The van der Waals surface area contributed by atoms with Gasteiger partial charge in [0.2, 0.25) is 0 Å². The fourth-order valence-corrected chi connectivity index (χ4v) is 3.09. The summed E-state index contributed by atoms with van der Waals surface area (Å²) in [6.45, 7) is 4.59. The van der Waals surface area contributed by atoms with Crippen LogP contribution in [0.15, 0.2) is 30.3 Å². The Balaban J connectivity index is 1.66. The van der Waals surface area contributed by atoms with Crippen LogP contribution in [0.25, 0.3) is 0 Å². The molecule has 0 atom stereocenters. The van der Waals surface area contributed by atoms with E-state index in [1.165, 1.54) is 0 Å². The molecule has 3 rings (SSSR count). The number of hydrogen-bond donors (Lipinski definition) is 0. The fourth-order valence-electron chi connectivity index (χ4n) is 2.56. The van der Waals surface area contributed by atoms with Gasteiger partial charge in [0.25, 0.3) is 5.91 Å². The quantitative estimate of drug-likeness (QED) is 0.835. The summed E-state index contributed by atoms with van der Waals surface area (Å²) in [6.07, 6.45) is 0. The van der Waals surface area contributed by atoms with Crippen LogP contribution in [0.4, 0.5) is 5.82 Å². The Morgan fingerprint density at radius 2 is 1.65 bits per heavy atom. The van der Waals surface area contributed by atoms with Crippen molar-refractivity contribution >= 4 is 34.9 Å². The Labute approximate surface area is 144 Å². The number of piperazine rings is 1. The van der Waals surface area contributed by atoms with Crippen LogP contribution in [-0.2, 0) is 0 Å². The minimum Gasteiger partial charge on any atom is -0.352 e. The van der Waals surface area contributed by atoms with Crippen molar-refractivity contribution in [3.05, 3.63) is 51.6 Å². The van der Waals surface area contributed by atoms with Gasteiger partial charge in [-0.2, -0.15) is 5.10 Å². The Morgan fingerprint density at radius 3 is 2.22 bits per heavy atom. The van der Waals surface area contributed by atoms with Gasteiger partial charge in [0.1, 0.15) is 0 Å². The molecule has 0 N–H and O–H groups in total. The molecule has 7 heteroatoms. The molecular formula is C16H16Cl2N4O. The molecule has 1 aromatic heterocycles. The van der Waals surface area contributed by atoms with Crippen molar-refractivity contribution in [3.8, 4) is 0 Å². The number of benzene rings is 1. The van der Waals surface area contributed by atoms with Gasteiger partial charge in [-0.3, -0.25) is 4.79 Å². The first kappa shape index (κ1) is 16.0. The summed E-state index contributed by atoms with van der Waals surface area (Å²) in [4.78, 5) is 16.5. The summed E-state index contributed by atoms with van der Waals surface area (Å²) in [5.74, 6) is 0.789. The molecule has 0 unspecified atom stereocenters. The highest BCUT2D eigenvalue weighted by Crippen LogP contribution is 2.21. The molecule has 1 saturated heterocycles. The zero-order chi connectivity index (χ0) is 16.4. The highest BCUT2D eigenvalue weighted by Gasteiger charge is 2.23. The molecule has 0 spiro atoms. The van der Waals surface area contributed by atoms with Crippen LogP contribution in [0.5, 0.6) is 0 Å². The second kappa shape index (κ2) is 6.72. The monoisotopic (exact) mass is 350 g/mol. The first-order chi connectivity index (χ1) is 11.0. The van der Waals surface area contributed by atoms with Crippen molar-refractivity contribution in [2.24, 2.45) is 0 Å². The number of anilines is 1. The number of carbonyl (C=O) groups excluding carboxylic acids is 1. The maximum atomic E-state index is 12.6. The van der Waals surface area contributed by atoms with Crippen LogP contribution in [0.1, 0.15) is 16.1 Å². The van der Waals surface area contributed by atoms with E-state index in [4.69, 9.17) is 23.2 Å². The van der Waals surface area contributed by atoms with Crippen LogP contribution in [0.3, 0.4) is 0 Å². The Bertz CT molecular complexity index is 692. The SMILES string of the molecule is Cc1ccc(N2CCN(C(=O)c3cc(Cl)cc(Cl)c3)CC2)nn1. The number of nitrogens with zero attached hydrogens (tertiary/aromatic N) is 4. The normalized spacial score (nSPS) is 14.9. The molecule has 2 heterocycles. The highest BCUT2D eigenvalue weighted by molar-refractivity contribution is 6.35. The number of hydrogen-bond acceptors (Lipinski definition) is 4. The number of rotatable bonds is 2. The molecule has 1 fully saturated rings. The molecule has 5 nitrogen and oxygen atoms in total. The Kier molecular flexibility index (Phi) is 4.68. The van der Waals surface area contributed by atoms with E-state index in [9.17, 15) is 4.79 Å². The van der Waals surface area contributed by atoms with Gasteiger partial charge in [-0.1, -0.05) is 23.2 Å². The minimum atomic E-state index is -0.0518. The van der Waals surface area contributed by atoms with E-state index in [1.54, 1.807) is 23.1 Å². The molecule has 23 heavy (non-hydrogen) atoms. The number of halogens is 2. The average molecular weight is 351 g/mol. The first-order valence-electron chi connectivity index (χ1n) is 7.33. The van der Waals surface area contributed by atoms with Crippen molar-refractivity contribution < 1.29 is 4.79 Å². The fraction of sp³-hybridized carbons (Fsp3) is 0.312. The summed E-state index contributed by atoms with van der Waals surface area (Å²) in [6, 6.07) is 8.81. The van der Waals surface area contributed by atoms with Crippen molar-refractivity contribution in [1.29, 1.82) is 0 Å². The lowest BCUT2D eigenvalue weighted by Gasteiger charge is -2.35. The number of carbonyl (C=O) groups is 1. The third kappa shape index (κ3) is 3.74. The second-order valence-electron chi connectivity index (χ2n) is 5.47. The molecule has 0 radical (unpaired) electrons. The zero-order valence-electron chi connectivity index (χ0n) is 12.7. The van der Waals surface area contributed by atoms with Gasteiger partial charge in [0.15, 0.2) is 5.82 Å². The molecule has 1 amide bonds. The molecule has 0 aliphatic carbocycles. The lowest BCUT2D eigenvalue weighted by molar-refractivity contribution is 0.0746. The maximum absolute atomic E-state index is 12.6. The summed E-state index contributed by atoms with van der Waals surface area (Å²) < 4.78 is 0. The van der Waals surface area contributed by atoms with Crippen molar-refractivity contribution in [2.75, 3.05) is 31.1 Å². The molecule has 0 bridgehead atoms. The first-order valence-corrected chi connectivity index (χ1v) is 8.09. The van der Waals surface area contributed by atoms with Crippen LogP contribution in [0, 0.1) is 6.92 Å². The van der Waals surface area contributed by atoms with Gasteiger partial charge in [0.05, 0.1) is 5.69 Å². The number of amides is 1. The molecule has 1 aliphatic rings. The van der Waals surface area contributed by atoms with Crippen LogP contribution < -0.4 is 4.90 Å². The van der Waals surface area contributed by atoms with Gasteiger partial charge in [-0.15, -0.1) is 5.10 Å². The number of aryl methyl sites for hydroxylation is 1. The average Bonchev–Trinajstić information content (AvgIpc) is 2.54. The van der Waals surface area contributed by atoms with Crippen LogP contribution in [0.2, 0.25) is 10.0 Å². The number of aromatic nitrogens is 2. The minimum absolute atomic E-state index is 0.0518. The third-order valence-electron chi connectivity index (χ3n) is 3.78. The van der Waals surface area contributed by atoms with Gasteiger partial charge in [0, 0.05) is 41.8 Å². The third-order valence-corrected chi connectivity index (χ3v) is 4.22. The molecule has 120 valence electrons. The van der Waals surface area contributed by atoms with E-state index in [0.717, 1.165) is 24.6 Å². The summed E-state index contributed by atoms with van der Waals surface area (Å²) in [5, 5.41) is 9.20. The predicted molar refractivity (Wildman–Crippen MR) is 91.3 cm³/mol. The highest BCUT2D eigenvalue weighted by atomic mass is 35.5. The van der Waals surface area contributed by atoms with Crippen LogP contribution in [-0.4, -0.2) is 47.2 Å². The van der Waals surface area contributed by atoms with Crippen molar-refractivity contribution in [1.82, 2.24) is 15.1 Å². The van der Waals surface area contributed by atoms with Gasteiger partial charge < -0.3 is 9.80 Å². The maximum Gasteiger partial charge on any atom is 0.254 e. The van der Waals surface area contributed by atoms with E-state index >= 15 is 0 Å². The van der Waals surface area contributed by atoms with E-state index in [2.05, 4.69) is 15.1 Å². The molecule has 0 saturated carbocycles. The Morgan fingerprint density at radius 1 is 1.00 bits per heavy atom. The Hall–Kier alpha value is -1.85. The molecule has 1 aliphatic heterocycles. The van der Waals surface area contributed by atoms with E-state index in [0.29, 0.717) is 28.7 Å². The van der Waals surface area contributed by atoms with Gasteiger partial charge >= 0.3 is 0 Å². The molecule has 1 aromatic carbocycles. The summed E-state index contributed by atoms with van der Waals surface area (Å²) in [7, 11) is 0. The van der Waals surface area contributed by atoms with Gasteiger partial charge in [-0.25, -0.2) is 0 Å². The van der Waals surface area contributed by atoms with E-state index in [-0.39, 0.29) is 5.91 Å². The molecule has 2 aromatic rings. The zero-order valence-corrected chi connectivity index (χ0v) is 14.2. The van der Waals surface area contributed by atoms with Crippen LogP contribution >= 0.6 is 23.2 Å².